The van der Waals surface area contributed by atoms with Crippen LogP contribution in [0.5, 0.6) is 0 Å². The lowest BCUT2D eigenvalue weighted by Crippen LogP contribution is -2.65. The van der Waals surface area contributed by atoms with Crippen molar-refractivity contribution in [1.82, 2.24) is 0 Å². The van der Waals surface area contributed by atoms with E-state index in [-0.39, 0.29) is 16.8 Å². The van der Waals surface area contributed by atoms with Crippen LogP contribution in [0.2, 0.25) is 0 Å². The Bertz CT molecular complexity index is 1430. The van der Waals surface area contributed by atoms with Crippen LogP contribution in [0.25, 0.3) is 5.57 Å². The Morgan fingerprint density at radius 1 is 0.830 bits per heavy atom. The van der Waals surface area contributed by atoms with Gasteiger partial charge in [0.1, 0.15) is 5.60 Å². The molecule has 5 aliphatic rings. The molecule has 1 aromatic rings. The van der Waals surface area contributed by atoms with Crippen LogP contribution in [0.4, 0.5) is 0 Å². The summed E-state index contributed by atoms with van der Waals surface area (Å²) in [5.74, 6) is 2.67. The Hall–Kier alpha value is -3.48. The van der Waals surface area contributed by atoms with Gasteiger partial charge in [-0.3, -0.25) is 0 Å². The van der Waals surface area contributed by atoms with E-state index in [1.165, 1.54) is 75.3 Å². The van der Waals surface area contributed by atoms with Crippen LogP contribution in [-0.2, 0) is 4.74 Å². The fourth-order valence-corrected chi connectivity index (χ4v) is 12.1. The molecule has 0 radical (unpaired) electrons. The van der Waals surface area contributed by atoms with E-state index in [2.05, 4.69) is 112 Å². The highest BCUT2D eigenvalue weighted by molar-refractivity contribution is 5.90. The summed E-state index contributed by atoms with van der Waals surface area (Å²) in [6.07, 6.45) is 44.5. The number of carbonyl (C=O) groups excluding carboxylic acids is 1. The molecule has 3 nitrogen and oxygen atoms in total. The van der Waals surface area contributed by atoms with Gasteiger partial charge in [-0.1, -0.05) is 85.6 Å². The molecular formula is C50H75NO2. The van der Waals surface area contributed by atoms with E-state index in [4.69, 9.17) is 10.1 Å². The lowest BCUT2D eigenvalue weighted by Gasteiger charge is -2.72. The highest BCUT2D eigenvalue weighted by atomic mass is 16.6. The van der Waals surface area contributed by atoms with Crippen molar-refractivity contribution < 1.29 is 9.53 Å². The summed E-state index contributed by atoms with van der Waals surface area (Å²) in [7, 11) is 0. The molecule has 0 amide bonds. The minimum atomic E-state index is -0.488. The maximum atomic E-state index is 12.6. The molecule has 8 atom stereocenters. The van der Waals surface area contributed by atoms with Gasteiger partial charge < -0.3 is 10.1 Å². The molecule has 0 aliphatic heterocycles. The zero-order chi connectivity index (χ0) is 41.1. The first-order chi connectivity index (χ1) is 24.9. The van der Waals surface area contributed by atoms with Crippen LogP contribution in [0.15, 0.2) is 43.0 Å². The second kappa shape index (κ2) is 19.2. The fourth-order valence-electron chi connectivity index (χ4n) is 12.1. The predicted octanol–water partition coefficient (Wildman–Crippen LogP) is 13.5. The van der Waals surface area contributed by atoms with Gasteiger partial charge >= 0.3 is 5.97 Å². The van der Waals surface area contributed by atoms with Crippen LogP contribution < -0.4 is 0 Å². The first-order valence-electron chi connectivity index (χ1n) is 20.1. The highest BCUT2D eigenvalue weighted by Crippen LogP contribution is 2.76. The summed E-state index contributed by atoms with van der Waals surface area (Å²) in [5.41, 5.74) is 4.19. The van der Waals surface area contributed by atoms with Gasteiger partial charge in [0.2, 0.25) is 0 Å². The molecule has 0 spiro atoms. The quantitative estimate of drug-likeness (QED) is 0.146. The van der Waals surface area contributed by atoms with E-state index in [9.17, 15) is 4.79 Å². The zero-order valence-electron chi connectivity index (χ0n) is 35.6. The molecule has 1 aromatic carbocycles. The first-order valence-corrected chi connectivity index (χ1v) is 20.1. The van der Waals surface area contributed by atoms with Crippen LogP contribution in [-0.4, -0.2) is 17.8 Å². The monoisotopic (exact) mass is 722 g/mol. The van der Waals surface area contributed by atoms with Crippen molar-refractivity contribution >= 4 is 17.8 Å². The molecule has 4 saturated carbocycles. The molecule has 0 heterocycles. The predicted molar refractivity (Wildman–Crippen MR) is 231 cm³/mol. The van der Waals surface area contributed by atoms with E-state index < -0.39 is 5.60 Å². The van der Waals surface area contributed by atoms with Gasteiger partial charge in [-0.15, -0.1) is 45.1 Å². The van der Waals surface area contributed by atoms with Gasteiger partial charge in [-0.05, 0) is 154 Å². The number of ether oxygens (including phenoxy) is 1. The van der Waals surface area contributed by atoms with Gasteiger partial charge in [0, 0.05) is 11.6 Å². The van der Waals surface area contributed by atoms with Crippen molar-refractivity contribution in [3.63, 3.8) is 0 Å². The molecule has 1 N–H and O–H groups in total. The number of nitrogens with one attached hydrogen (secondary N) is 1. The average Bonchev–Trinajstić information content (AvgIpc) is 3.56. The van der Waals surface area contributed by atoms with Gasteiger partial charge in [-0.2, -0.15) is 0 Å². The third-order valence-electron chi connectivity index (χ3n) is 14.1. The fraction of sp³-hybridized carbons (Fsp3) is 0.640. The van der Waals surface area contributed by atoms with Crippen LogP contribution in [0, 0.1) is 94.7 Å². The molecule has 4 fully saturated rings. The summed E-state index contributed by atoms with van der Waals surface area (Å²) < 4.78 is 5.61. The topological polar surface area (TPSA) is 50.2 Å². The van der Waals surface area contributed by atoms with Gasteiger partial charge in [0.15, 0.2) is 0 Å². The lowest BCUT2D eigenvalue weighted by molar-refractivity contribution is -0.216. The Balaban J connectivity index is 0.00000105. The maximum Gasteiger partial charge on any atom is 0.338 e. The normalized spacial score (nSPS) is 34.0. The number of fused-ring (bicyclic) bond motifs is 7. The second-order valence-electron chi connectivity index (χ2n) is 18.3. The summed E-state index contributed by atoms with van der Waals surface area (Å²) in [6, 6.07) is 8.20. The largest absolute Gasteiger partial charge is 0.456 e. The minimum absolute atomic E-state index is 0.0763. The summed E-state index contributed by atoms with van der Waals surface area (Å²) in [5, 5.41) is 8.41. The molecule has 292 valence electrons. The van der Waals surface area contributed by atoms with Crippen LogP contribution in [0.1, 0.15) is 163 Å². The molecule has 3 unspecified atom stereocenters. The Kier molecular flexibility index (Phi) is 17.2. The summed E-state index contributed by atoms with van der Waals surface area (Å²) in [4.78, 5) is 12.6. The molecule has 5 aliphatic carbocycles. The standard InChI is InChI=1S/C38H55NO2.C3H8.C3H6.3C2H2/c1-33(2,3)41-32(40)26-13-11-25(12-14-26)27-17-20-35(6)30(34(27,4)5)18-21-37(8)31(35)16-15-28-29-10-9-19-38(29,24-39)23-22-36(28,37)7;2*1-3-2;3*1-2/h11-14,17,24,28-31,39H,9-10,15-16,18-23H2,1-8H3;3H2,1-2H3;3H,1H2,2H3;3*1-2H/t28-,29?,30?,31?,35+,36-,37-,38-;;;;;/m1...../s1. The van der Waals surface area contributed by atoms with E-state index in [1.807, 2.05) is 46.0 Å². The number of esters is 1. The van der Waals surface area contributed by atoms with Crippen molar-refractivity contribution in [3.8, 4) is 38.5 Å². The third-order valence-corrected chi connectivity index (χ3v) is 14.1. The van der Waals surface area contributed by atoms with E-state index >= 15 is 0 Å². The van der Waals surface area contributed by atoms with Crippen LogP contribution >= 0.6 is 0 Å². The first kappa shape index (κ1) is 47.5. The third kappa shape index (κ3) is 8.92. The van der Waals surface area contributed by atoms with Crippen molar-refractivity contribution in [2.75, 3.05) is 0 Å². The molecule has 53 heavy (non-hydrogen) atoms. The molecule has 0 saturated heterocycles. The SMILES string of the molecule is C#C.C#C.C#C.C=CC.CC(C)(C)OC(=O)c1ccc(C2=CC[C@@]3(C)C(CC[C@]4(C)C3CC[C@@H]3C5CCC[C@]5(C=N)CC[C@]34C)C2(C)C)cc1.CCC. The molecule has 0 aromatic heterocycles. The van der Waals surface area contributed by atoms with Crippen LogP contribution in [0.3, 0.4) is 0 Å². The zero-order valence-corrected chi connectivity index (χ0v) is 35.6. The number of rotatable bonds is 3. The number of hydrogen-bond donors (Lipinski definition) is 1. The molecule has 3 heteroatoms. The van der Waals surface area contributed by atoms with E-state index in [0.29, 0.717) is 27.7 Å². The average molecular weight is 722 g/mol. The summed E-state index contributed by atoms with van der Waals surface area (Å²) >= 11 is 0. The minimum Gasteiger partial charge on any atom is -0.456 e. The van der Waals surface area contributed by atoms with E-state index in [1.54, 1.807) is 6.08 Å². The van der Waals surface area contributed by atoms with Crippen molar-refractivity contribution in [3.05, 3.63) is 54.1 Å². The van der Waals surface area contributed by atoms with Crippen molar-refractivity contribution in [2.24, 2.45) is 50.7 Å². The van der Waals surface area contributed by atoms with Gasteiger partial charge in [-0.25, -0.2) is 4.79 Å². The maximum absolute atomic E-state index is 12.6. The second-order valence-corrected chi connectivity index (χ2v) is 18.3. The highest BCUT2D eigenvalue weighted by Gasteiger charge is 2.69. The molecule has 6 rings (SSSR count). The summed E-state index contributed by atoms with van der Waals surface area (Å²) in [6.45, 7) is 28.3. The van der Waals surface area contributed by atoms with Gasteiger partial charge in [0.05, 0.1) is 5.56 Å². The van der Waals surface area contributed by atoms with Crippen molar-refractivity contribution in [2.45, 2.75) is 152 Å². The number of terminal acetylenes is 3. The number of allylic oxidation sites excluding steroid dienone is 3. The Labute approximate surface area is 327 Å². The smallest absolute Gasteiger partial charge is 0.338 e. The number of benzene rings is 1. The Morgan fingerprint density at radius 3 is 1.89 bits per heavy atom. The Morgan fingerprint density at radius 2 is 1.38 bits per heavy atom. The van der Waals surface area contributed by atoms with Crippen molar-refractivity contribution in [1.29, 1.82) is 5.41 Å². The lowest BCUT2D eigenvalue weighted by atomic mass is 9.33. The van der Waals surface area contributed by atoms with Gasteiger partial charge in [0.25, 0.3) is 0 Å². The molecule has 0 bridgehead atoms. The molecular weight excluding hydrogens is 647 g/mol. The number of hydrogen-bond acceptors (Lipinski definition) is 3. The van der Waals surface area contributed by atoms with E-state index in [0.717, 1.165) is 24.2 Å². The number of carbonyl (C=O) groups is 1.